The number of hydrogen-bond donors (Lipinski definition) is 8. The number of nitrogens with zero attached hydrogens (tertiary/aromatic N) is 2. The number of amides is 2. The molecule has 1 heterocycles. The molecular weight excluding hydrogens is 1430 g/mol. The molecule has 27 heteroatoms. The summed E-state index contributed by atoms with van der Waals surface area (Å²) in [6.45, 7) is 30.5. The topological polar surface area (TPSA) is 353 Å². The minimum Gasteiger partial charge on any atom is -0.462 e. The normalized spacial score (nSPS) is 17.2. The van der Waals surface area contributed by atoms with Gasteiger partial charge in [0.15, 0.2) is 5.60 Å². The number of carbonyl (C=O) groups excluding carboxylic acids is 6. The molecule has 0 saturated carbocycles. The Balaban J connectivity index is 0. The van der Waals surface area contributed by atoms with E-state index in [4.69, 9.17) is 32.7 Å². The first-order valence-corrected chi connectivity index (χ1v) is 46.0. The van der Waals surface area contributed by atoms with Crippen molar-refractivity contribution in [3.63, 3.8) is 0 Å². The average Bonchev–Trinajstić information content (AvgIpc) is 0.708. The lowest BCUT2D eigenvalue weighted by atomic mass is 9.73. The molecule has 7 atom stereocenters. The molecule has 0 aromatic heterocycles. The second-order valence-electron chi connectivity index (χ2n) is 29.3. The quantitative estimate of drug-likeness (QED) is 0.00922. The second-order valence-corrected chi connectivity index (χ2v) is 31.8. The van der Waals surface area contributed by atoms with Crippen LogP contribution >= 0.6 is 15.6 Å². The van der Waals surface area contributed by atoms with E-state index in [0.717, 1.165) is 180 Å². The zero-order valence-corrected chi connectivity index (χ0v) is 71.7. The van der Waals surface area contributed by atoms with Crippen LogP contribution in [0.3, 0.4) is 0 Å². The van der Waals surface area contributed by atoms with E-state index >= 15 is 14.4 Å². The maximum absolute atomic E-state index is 15.3. The maximum Gasteiger partial charge on any atom is 0.470 e. The number of phosphoric ester groups is 2. The first-order chi connectivity index (χ1) is 51.7. The predicted molar refractivity (Wildman–Crippen MR) is 428 cm³/mol. The lowest BCUT2D eigenvalue weighted by Gasteiger charge is -2.59. The van der Waals surface area contributed by atoms with Gasteiger partial charge in [-0.15, -0.1) is 0 Å². The Morgan fingerprint density at radius 3 is 0.981 bits per heavy atom. The molecule has 640 valence electrons. The first kappa shape index (κ1) is 107. The summed E-state index contributed by atoms with van der Waals surface area (Å²) in [5.41, 5.74) is -6.27. The van der Waals surface area contributed by atoms with Crippen molar-refractivity contribution in [1.82, 2.24) is 20.4 Å². The van der Waals surface area contributed by atoms with Crippen LogP contribution in [0.5, 0.6) is 0 Å². The van der Waals surface area contributed by atoms with E-state index in [9.17, 15) is 53.3 Å². The molecule has 1 rings (SSSR count). The minimum absolute atomic E-state index is 0.0179. The molecular formula is C81H160N4O21P2. The highest BCUT2D eigenvalue weighted by molar-refractivity contribution is 7.46. The van der Waals surface area contributed by atoms with Gasteiger partial charge in [0.2, 0.25) is 23.8 Å². The van der Waals surface area contributed by atoms with Crippen molar-refractivity contribution in [2.75, 3.05) is 52.5 Å². The standard InChI is InChI=1S/C69H130N2O21P2.2C6H15N/c1-7-13-19-22-25-28-31-34-40-44-56(87-62(75)47-37-16-10-4)52-60(73)70-69(71-61(74)53-57(88-63(76)48-38-17-11-5)45-41-35-32-29-26-23-20-14-8-2)67(79)90-59(55-72)66(92-94(83,84)85)68(69,50-43-51-86-93(80,81)82)91-65(78)54-58(89-64(77)49-39-18-12-6)46-42-36-33-30-27-24-21-15-9-3;2*1-4-7(5-2)6-3/h56-59,66-67,72,79H,7-55H2,1-6H3,(H,70,73)(H,71,74)(H2,80,81,82)(H2,83,84,85);2*4-6H2,1-3H3/t56-,57-,58-,59-,66-,67-,68+;;/m1../s1. The third kappa shape index (κ3) is 53.8. The van der Waals surface area contributed by atoms with Crippen molar-refractivity contribution in [1.29, 1.82) is 0 Å². The van der Waals surface area contributed by atoms with E-state index < -0.39 is 145 Å². The molecule has 25 nitrogen and oxygen atoms in total. The number of aliphatic hydroxyl groups excluding tert-OH is 2. The molecule has 8 N–H and O–H groups in total. The monoisotopic (exact) mass is 1590 g/mol. The average molecular weight is 1590 g/mol. The number of phosphoric acid groups is 2. The summed E-state index contributed by atoms with van der Waals surface area (Å²) in [4.78, 5) is 133. The molecule has 0 unspecified atom stereocenters. The van der Waals surface area contributed by atoms with Gasteiger partial charge in [-0.2, -0.15) is 0 Å². The highest BCUT2D eigenvalue weighted by atomic mass is 31.2. The third-order valence-corrected chi connectivity index (χ3v) is 21.2. The van der Waals surface area contributed by atoms with Crippen LogP contribution in [-0.4, -0.2) is 176 Å². The Morgan fingerprint density at radius 2 is 0.704 bits per heavy atom. The molecule has 0 aromatic carbocycles. The fraction of sp³-hybridized carbons (Fsp3) is 0.926. The van der Waals surface area contributed by atoms with Crippen molar-refractivity contribution in [2.24, 2.45) is 0 Å². The first-order valence-electron chi connectivity index (χ1n) is 42.9. The molecule has 1 aliphatic heterocycles. The highest BCUT2D eigenvalue weighted by Gasteiger charge is 2.71. The SMILES string of the molecule is CCCCCCCCCCC[C@H](CC(=O)NC1(NC(=O)C[C@@H](CCCCCCCCCCC)OC(=O)CCCCC)[C@H](O)O[C@H](CO)[C@@H](OP(=O)(O)O)[C@]1(CCCOP(=O)(O)O)OC(=O)C[C@@H](CCCCCCCCCCC)OC(=O)CCCCC)OC(=O)CCCCC.CCN(CC)CC.CCN(CC)CC. The van der Waals surface area contributed by atoms with Crippen molar-refractivity contribution in [3.8, 4) is 0 Å². The van der Waals surface area contributed by atoms with E-state index in [0.29, 0.717) is 51.4 Å². The van der Waals surface area contributed by atoms with Crippen LogP contribution in [0.15, 0.2) is 0 Å². The van der Waals surface area contributed by atoms with Crippen LogP contribution in [0, 0.1) is 0 Å². The zero-order valence-electron chi connectivity index (χ0n) is 70.0. The van der Waals surface area contributed by atoms with Gasteiger partial charge >= 0.3 is 39.5 Å². The van der Waals surface area contributed by atoms with Gasteiger partial charge in [-0.1, -0.05) is 276 Å². The van der Waals surface area contributed by atoms with Gasteiger partial charge in [0.1, 0.15) is 30.5 Å². The molecule has 0 bridgehead atoms. The van der Waals surface area contributed by atoms with Gasteiger partial charge in [-0.05, 0) is 110 Å². The number of unbranched alkanes of at least 4 members (excludes halogenated alkanes) is 30. The molecule has 0 spiro atoms. The minimum atomic E-state index is -5.90. The summed E-state index contributed by atoms with van der Waals surface area (Å²) in [7, 11) is -11.2. The summed E-state index contributed by atoms with van der Waals surface area (Å²) in [5, 5.41) is 29.1. The highest BCUT2D eigenvalue weighted by Crippen LogP contribution is 2.51. The number of rotatable bonds is 68. The van der Waals surface area contributed by atoms with E-state index in [-0.39, 0.29) is 38.5 Å². The lowest BCUT2D eigenvalue weighted by molar-refractivity contribution is -0.326. The Bertz CT molecular complexity index is 2240. The molecule has 1 fully saturated rings. The second kappa shape index (κ2) is 68.3. The zero-order chi connectivity index (χ0) is 81.3. The Kier molecular flexibility index (Phi) is 67.6. The molecule has 108 heavy (non-hydrogen) atoms. The van der Waals surface area contributed by atoms with Crippen LogP contribution in [-0.2, 0) is 70.6 Å². The smallest absolute Gasteiger partial charge is 0.462 e. The van der Waals surface area contributed by atoms with E-state index in [2.05, 4.69) is 82.7 Å². The van der Waals surface area contributed by atoms with Gasteiger partial charge in [0, 0.05) is 19.3 Å². The van der Waals surface area contributed by atoms with E-state index in [1.807, 2.05) is 20.8 Å². The number of hydrogen-bond acceptors (Lipinski definition) is 19. The van der Waals surface area contributed by atoms with Crippen molar-refractivity contribution in [2.45, 2.75) is 433 Å². The summed E-state index contributed by atoms with van der Waals surface area (Å²) >= 11 is 0. The summed E-state index contributed by atoms with van der Waals surface area (Å²) in [6.07, 6.45) is 18.2. The van der Waals surface area contributed by atoms with E-state index in [1.165, 1.54) is 39.3 Å². The van der Waals surface area contributed by atoms with Crippen molar-refractivity contribution < 1.29 is 100 Å². The largest absolute Gasteiger partial charge is 0.470 e. The van der Waals surface area contributed by atoms with Crippen LogP contribution in [0.2, 0.25) is 0 Å². The fourth-order valence-corrected chi connectivity index (χ4v) is 14.6. The molecule has 1 saturated heterocycles. The van der Waals surface area contributed by atoms with E-state index in [1.54, 1.807) is 0 Å². The van der Waals surface area contributed by atoms with Gasteiger partial charge in [0.25, 0.3) is 0 Å². The number of nitrogens with one attached hydrogen (secondary N) is 2. The lowest BCUT2D eigenvalue weighted by Crippen LogP contribution is -2.86. The van der Waals surface area contributed by atoms with Crippen LogP contribution in [0.4, 0.5) is 0 Å². The number of esters is 4. The van der Waals surface area contributed by atoms with Gasteiger partial charge in [-0.25, -0.2) is 9.13 Å². The molecule has 2 amide bonds. The molecule has 0 aromatic rings. The Labute approximate surface area is 654 Å². The van der Waals surface area contributed by atoms with Crippen molar-refractivity contribution in [3.05, 3.63) is 0 Å². The summed E-state index contributed by atoms with van der Waals surface area (Å²) < 4.78 is 66.4. The van der Waals surface area contributed by atoms with Gasteiger partial charge in [-0.3, -0.25) is 37.8 Å². The number of carbonyl (C=O) groups is 6. The van der Waals surface area contributed by atoms with Gasteiger partial charge < -0.3 is 73.9 Å². The number of ether oxygens (including phenoxy) is 5. The fourth-order valence-electron chi connectivity index (χ4n) is 13.6. The molecule has 1 aliphatic rings. The summed E-state index contributed by atoms with van der Waals surface area (Å²) in [6, 6.07) is 0. The van der Waals surface area contributed by atoms with Gasteiger partial charge in [0.05, 0.1) is 32.5 Å². The van der Waals surface area contributed by atoms with Crippen molar-refractivity contribution >= 4 is 51.3 Å². The van der Waals surface area contributed by atoms with Crippen LogP contribution in [0.1, 0.15) is 385 Å². The predicted octanol–water partition coefficient (Wildman–Crippen LogP) is 17.4. The van der Waals surface area contributed by atoms with Crippen LogP contribution in [0.25, 0.3) is 0 Å². The maximum atomic E-state index is 15.3. The Hall–Kier alpha value is -3.16. The van der Waals surface area contributed by atoms with Crippen LogP contribution < -0.4 is 10.6 Å². The number of aliphatic hydroxyl groups is 2. The molecule has 0 aliphatic carbocycles. The summed E-state index contributed by atoms with van der Waals surface area (Å²) in [5.74, 6) is -5.27. The Morgan fingerprint density at radius 1 is 0.407 bits per heavy atom. The third-order valence-electron chi connectivity index (χ3n) is 20.1. The molecule has 0 radical (unpaired) electrons.